The van der Waals surface area contributed by atoms with E-state index in [1.807, 2.05) is 13.8 Å². The number of hydrogen-bond donors (Lipinski definition) is 1. The molecule has 3 nitrogen and oxygen atoms in total. The Kier molecular flexibility index (Phi) is 4.20. The highest BCUT2D eigenvalue weighted by atomic mass is 16.7. The molecule has 0 aliphatic heterocycles. The minimum atomic E-state index is -1.27. The van der Waals surface area contributed by atoms with Crippen LogP contribution in [0.5, 0.6) is 0 Å². The monoisotopic (exact) mass is 170 g/mol. The van der Waals surface area contributed by atoms with E-state index < -0.39 is 11.6 Å². The van der Waals surface area contributed by atoms with Crippen molar-refractivity contribution in [3.05, 3.63) is 0 Å². The van der Waals surface area contributed by atoms with Crippen LogP contribution in [-0.4, -0.2) is 17.9 Å². The Morgan fingerprint density at radius 2 is 2.08 bits per heavy atom. The Morgan fingerprint density at radius 3 is 2.33 bits per heavy atom. The molecule has 0 unspecified atom stereocenters. The van der Waals surface area contributed by atoms with Crippen LogP contribution in [0, 0.1) is 17.8 Å². The number of hydrogen-bond acceptors (Lipinski definition) is 2. The van der Waals surface area contributed by atoms with Crippen LogP contribution in [0.3, 0.4) is 0 Å². The van der Waals surface area contributed by atoms with E-state index in [9.17, 15) is 4.79 Å². The van der Waals surface area contributed by atoms with Gasteiger partial charge in [-0.2, -0.15) is 0 Å². The first-order valence-corrected chi connectivity index (χ1v) is 3.93. The van der Waals surface area contributed by atoms with Crippen molar-refractivity contribution in [2.24, 2.45) is 5.41 Å². The van der Waals surface area contributed by atoms with Crippen molar-refractivity contribution in [1.82, 2.24) is 0 Å². The zero-order valence-corrected chi connectivity index (χ0v) is 7.46. The quantitative estimate of drug-likeness (QED) is 0.519. The summed E-state index contributed by atoms with van der Waals surface area (Å²) in [6, 6.07) is 0. The van der Waals surface area contributed by atoms with E-state index in [0.717, 1.165) is 12.8 Å². The molecule has 0 heterocycles. The van der Waals surface area contributed by atoms with Gasteiger partial charge >= 0.3 is 6.16 Å². The lowest BCUT2D eigenvalue weighted by atomic mass is 9.84. The van der Waals surface area contributed by atoms with Crippen LogP contribution >= 0.6 is 0 Å². The average Bonchev–Trinajstić information content (AvgIpc) is 2.08. The fourth-order valence-corrected chi connectivity index (χ4v) is 0.900. The first kappa shape index (κ1) is 10.8. The van der Waals surface area contributed by atoms with Gasteiger partial charge in [-0.15, -0.1) is 6.42 Å². The summed E-state index contributed by atoms with van der Waals surface area (Å²) in [6.45, 7) is 3.94. The second-order valence-electron chi connectivity index (χ2n) is 2.69. The summed E-state index contributed by atoms with van der Waals surface area (Å²) in [6.07, 6.45) is 5.48. The highest BCUT2D eigenvalue weighted by Gasteiger charge is 2.25. The Bertz CT molecular complexity index is 186. The van der Waals surface area contributed by atoms with Crippen LogP contribution < -0.4 is 0 Å². The minimum absolute atomic E-state index is 0.0891. The van der Waals surface area contributed by atoms with E-state index in [1.54, 1.807) is 0 Å². The van der Waals surface area contributed by atoms with Gasteiger partial charge in [0, 0.05) is 0 Å². The molecule has 0 atom stereocenters. The Balaban J connectivity index is 4.14. The molecule has 0 aromatic heterocycles. The molecule has 0 amide bonds. The molecule has 0 aliphatic carbocycles. The molecule has 0 spiro atoms. The third-order valence-corrected chi connectivity index (χ3v) is 2.13. The fourth-order valence-electron chi connectivity index (χ4n) is 0.900. The third kappa shape index (κ3) is 2.83. The Morgan fingerprint density at radius 1 is 1.58 bits per heavy atom. The Hall–Kier alpha value is -1.17. The number of ether oxygens (including phenoxy) is 1. The SMILES string of the molecule is C#CC(CC)(CC)COC(=O)O. The normalized spacial score (nSPS) is 10.4. The number of carbonyl (C=O) groups is 1. The molecule has 0 aliphatic rings. The molecule has 0 aromatic carbocycles. The maximum absolute atomic E-state index is 10.1. The first-order chi connectivity index (χ1) is 5.60. The van der Waals surface area contributed by atoms with Crippen molar-refractivity contribution < 1.29 is 14.6 Å². The van der Waals surface area contributed by atoms with E-state index >= 15 is 0 Å². The van der Waals surface area contributed by atoms with Gasteiger partial charge in [0.1, 0.15) is 6.61 Å². The molecule has 0 rings (SSSR count). The number of terminal acetylenes is 1. The second kappa shape index (κ2) is 4.66. The van der Waals surface area contributed by atoms with Gasteiger partial charge in [0.05, 0.1) is 5.41 Å². The molecule has 12 heavy (non-hydrogen) atoms. The summed E-state index contributed by atoms with van der Waals surface area (Å²) in [5.74, 6) is 2.58. The molecule has 0 fully saturated rings. The van der Waals surface area contributed by atoms with Crippen molar-refractivity contribution in [1.29, 1.82) is 0 Å². The van der Waals surface area contributed by atoms with Crippen LogP contribution in [0.2, 0.25) is 0 Å². The van der Waals surface area contributed by atoms with E-state index in [0.29, 0.717) is 0 Å². The largest absolute Gasteiger partial charge is 0.505 e. The maximum atomic E-state index is 10.1. The smallest absolute Gasteiger partial charge is 0.450 e. The van der Waals surface area contributed by atoms with Crippen molar-refractivity contribution in [3.8, 4) is 12.3 Å². The summed E-state index contributed by atoms with van der Waals surface area (Å²) in [5, 5.41) is 8.27. The van der Waals surface area contributed by atoms with Gasteiger partial charge < -0.3 is 9.84 Å². The van der Waals surface area contributed by atoms with Crippen molar-refractivity contribution in [2.45, 2.75) is 26.7 Å². The highest BCUT2D eigenvalue weighted by Crippen LogP contribution is 2.25. The van der Waals surface area contributed by atoms with Crippen LogP contribution in [0.4, 0.5) is 4.79 Å². The summed E-state index contributed by atoms with van der Waals surface area (Å²) in [4.78, 5) is 10.1. The lowest BCUT2D eigenvalue weighted by Crippen LogP contribution is -2.24. The van der Waals surface area contributed by atoms with E-state index in [4.69, 9.17) is 11.5 Å². The molecule has 68 valence electrons. The molecule has 0 bridgehead atoms. The summed E-state index contributed by atoms with van der Waals surface area (Å²) < 4.78 is 4.45. The predicted octanol–water partition coefficient (Wildman–Crippen LogP) is 2.12. The van der Waals surface area contributed by atoms with E-state index in [1.165, 1.54) is 0 Å². The average molecular weight is 170 g/mol. The van der Waals surface area contributed by atoms with Gasteiger partial charge in [0.2, 0.25) is 0 Å². The molecular formula is C9H14O3. The number of carboxylic acid groups (broad SMARTS) is 1. The third-order valence-electron chi connectivity index (χ3n) is 2.13. The van der Waals surface area contributed by atoms with Gasteiger partial charge in [-0.05, 0) is 12.8 Å². The van der Waals surface area contributed by atoms with Gasteiger partial charge in [-0.25, -0.2) is 4.79 Å². The van der Waals surface area contributed by atoms with Gasteiger partial charge in [-0.3, -0.25) is 0 Å². The minimum Gasteiger partial charge on any atom is -0.450 e. The lowest BCUT2D eigenvalue weighted by Gasteiger charge is -2.23. The van der Waals surface area contributed by atoms with Crippen molar-refractivity contribution in [2.75, 3.05) is 6.61 Å². The standard InChI is InChI=1S/C9H14O3/c1-4-9(5-2,6-3)7-12-8(10)11/h1H,5-7H2,2-3H3,(H,10,11). The highest BCUT2D eigenvalue weighted by molar-refractivity contribution is 5.56. The molecule has 0 saturated heterocycles. The maximum Gasteiger partial charge on any atom is 0.505 e. The predicted molar refractivity (Wildman–Crippen MR) is 45.8 cm³/mol. The van der Waals surface area contributed by atoms with Crippen LogP contribution in [0.15, 0.2) is 0 Å². The zero-order chi connectivity index (χ0) is 9.61. The van der Waals surface area contributed by atoms with Gasteiger partial charge in [-0.1, -0.05) is 19.8 Å². The van der Waals surface area contributed by atoms with E-state index in [-0.39, 0.29) is 6.61 Å². The summed E-state index contributed by atoms with van der Waals surface area (Å²) in [7, 11) is 0. The molecule has 1 N–H and O–H groups in total. The first-order valence-electron chi connectivity index (χ1n) is 3.93. The lowest BCUT2D eigenvalue weighted by molar-refractivity contribution is 0.0607. The summed E-state index contributed by atoms with van der Waals surface area (Å²) in [5.41, 5.74) is -0.418. The second-order valence-corrected chi connectivity index (χ2v) is 2.69. The van der Waals surface area contributed by atoms with E-state index in [2.05, 4.69) is 10.7 Å². The molecular weight excluding hydrogens is 156 g/mol. The van der Waals surface area contributed by atoms with Crippen molar-refractivity contribution >= 4 is 6.16 Å². The summed E-state index contributed by atoms with van der Waals surface area (Å²) >= 11 is 0. The number of rotatable bonds is 4. The van der Waals surface area contributed by atoms with Crippen LogP contribution in [0.1, 0.15) is 26.7 Å². The van der Waals surface area contributed by atoms with Gasteiger partial charge in [0.15, 0.2) is 0 Å². The van der Waals surface area contributed by atoms with Crippen LogP contribution in [0.25, 0.3) is 0 Å². The molecule has 0 saturated carbocycles. The fraction of sp³-hybridized carbons (Fsp3) is 0.667. The molecule has 3 heteroatoms. The topological polar surface area (TPSA) is 46.5 Å². The molecule has 0 aromatic rings. The van der Waals surface area contributed by atoms with Gasteiger partial charge in [0.25, 0.3) is 0 Å². The zero-order valence-electron chi connectivity index (χ0n) is 7.46. The van der Waals surface area contributed by atoms with Crippen molar-refractivity contribution in [3.63, 3.8) is 0 Å². The van der Waals surface area contributed by atoms with Crippen LogP contribution in [-0.2, 0) is 4.74 Å². The Labute approximate surface area is 72.7 Å². The molecule has 0 radical (unpaired) electrons.